The van der Waals surface area contributed by atoms with Crippen LogP contribution in [0, 0.1) is 5.82 Å². The van der Waals surface area contributed by atoms with Gasteiger partial charge in [-0.25, -0.2) is 9.18 Å². The molecular formula is C10H14ClFNO3PS. The molecule has 102 valence electrons. The molecule has 0 saturated carbocycles. The van der Waals surface area contributed by atoms with Crippen LogP contribution in [0.25, 0.3) is 0 Å². The number of hydrogen-bond donors (Lipinski definition) is 3. The van der Waals surface area contributed by atoms with Gasteiger partial charge < -0.3 is 9.83 Å². The van der Waals surface area contributed by atoms with Crippen molar-refractivity contribution in [3.8, 4) is 0 Å². The number of anilines is 1. The standard InChI is InChI=1S/C10H14ClFNO3PS/c1-2-5-18(16,17)13-7-4-3-6(12)8(9(7)11)10(14)15/h3-4,18H,2,5,17H2,1H3,(H,13,16)(H,14,15). The lowest BCUT2D eigenvalue weighted by Gasteiger charge is -2.22. The van der Waals surface area contributed by atoms with Crippen molar-refractivity contribution in [2.75, 3.05) is 10.5 Å². The van der Waals surface area contributed by atoms with Crippen LogP contribution >= 0.6 is 20.0 Å². The molecule has 1 rings (SSSR count). The predicted octanol–water partition coefficient (Wildman–Crippen LogP) is 2.72. The van der Waals surface area contributed by atoms with E-state index >= 15 is 0 Å². The minimum atomic E-state index is -2.74. The van der Waals surface area contributed by atoms with Gasteiger partial charge in [0.2, 0.25) is 0 Å². The molecule has 0 radical (unpaired) electrons. The summed E-state index contributed by atoms with van der Waals surface area (Å²) in [5, 5.41) is 8.57. The fourth-order valence-corrected chi connectivity index (χ4v) is 4.34. The third-order valence-electron chi connectivity index (χ3n) is 2.17. The van der Waals surface area contributed by atoms with Gasteiger partial charge in [0.25, 0.3) is 0 Å². The highest BCUT2D eigenvalue weighted by atomic mass is 35.5. The zero-order valence-electron chi connectivity index (χ0n) is 9.61. The lowest BCUT2D eigenvalue weighted by atomic mass is 10.2. The number of carboxylic acids is 1. The molecule has 2 N–H and O–H groups in total. The molecule has 0 saturated heterocycles. The van der Waals surface area contributed by atoms with E-state index in [1.54, 1.807) is 0 Å². The summed E-state index contributed by atoms with van der Waals surface area (Å²) >= 11 is 5.80. The summed E-state index contributed by atoms with van der Waals surface area (Å²) in [4.78, 5) is 10.9. The maximum absolute atomic E-state index is 13.3. The zero-order valence-corrected chi connectivity index (χ0v) is 12.4. The van der Waals surface area contributed by atoms with Crippen LogP contribution in [0.3, 0.4) is 0 Å². The SMILES string of the molecule is CCC[SH](=O)(P)Nc1ccc(F)c(C(=O)O)c1Cl. The molecule has 0 bridgehead atoms. The largest absolute Gasteiger partial charge is 0.478 e. The average molecular weight is 314 g/mol. The van der Waals surface area contributed by atoms with E-state index < -0.39 is 27.1 Å². The Morgan fingerprint density at radius 1 is 1.61 bits per heavy atom. The number of nitrogens with one attached hydrogen (secondary N) is 1. The Balaban J connectivity index is 3.16. The van der Waals surface area contributed by atoms with Crippen molar-refractivity contribution in [1.29, 1.82) is 0 Å². The van der Waals surface area contributed by atoms with Gasteiger partial charge >= 0.3 is 5.97 Å². The molecule has 0 heterocycles. The lowest BCUT2D eigenvalue weighted by Crippen LogP contribution is -2.19. The lowest BCUT2D eigenvalue weighted by molar-refractivity contribution is 0.0692. The molecule has 1 aromatic rings. The summed E-state index contributed by atoms with van der Waals surface area (Å²) < 4.78 is 28.0. The van der Waals surface area contributed by atoms with E-state index in [-0.39, 0.29) is 10.7 Å². The number of hydrogen-bond acceptors (Lipinski definition) is 2. The Kier molecular flexibility index (Phi) is 5.08. The molecular weight excluding hydrogens is 300 g/mol. The normalized spacial score (nSPS) is 12.2. The molecule has 0 spiro atoms. The zero-order chi connectivity index (χ0) is 13.9. The first kappa shape index (κ1) is 15.3. The highest BCUT2D eigenvalue weighted by Crippen LogP contribution is 2.31. The van der Waals surface area contributed by atoms with E-state index in [1.807, 2.05) is 6.92 Å². The second-order valence-corrected chi connectivity index (χ2v) is 8.86. The first-order valence-electron chi connectivity index (χ1n) is 5.15. The van der Waals surface area contributed by atoms with Crippen LogP contribution in [0.5, 0.6) is 0 Å². The molecule has 0 aromatic heterocycles. The molecule has 0 amide bonds. The van der Waals surface area contributed by atoms with E-state index in [0.717, 1.165) is 6.07 Å². The number of thiol groups is 1. The van der Waals surface area contributed by atoms with Crippen LogP contribution in [-0.4, -0.2) is 21.0 Å². The van der Waals surface area contributed by atoms with Crippen LogP contribution in [0.4, 0.5) is 10.1 Å². The predicted molar refractivity (Wildman–Crippen MR) is 76.4 cm³/mol. The fourth-order valence-electron chi connectivity index (χ4n) is 1.43. The van der Waals surface area contributed by atoms with E-state index in [2.05, 4.69) is 13.2 Å². The van der Waals surface area contributed by atoms with Gasteiger partial charge in [0, 0.05) is 5.75 Å². The molecule has 0 aliphatic carbocycles. The third-order valence-corrected chi connectivity index (χ3v) is 5.46. The Bertz CT molecular complexity index is 526. The van der Waals surface area contributed by atoms with Crippen molar-refractivity contribution >= 4 is 41.4 Å². The third kappa shape index (κ3) is 3.64. The minimum Gasteiger partial charge on any atom is -0.478 e. The molecule has 0 aliphatic rings. The number of halogens is 2. The molecule has 4 nitrogen and oxygen atoms in total. The molecule has 8 heteroatoms. The molecule has 1 aromatic carbocycles. The van der Waals surface area contributed by atoms with E-state index in [0.29, 0.717) is 12.2 Å². The summed E-state index contributed by atoms with van der Waals surface area (Å²) in [5.74, 6) is -1.98. The molecule has 18 heavy (non-hydrogen) atoms. The summed E-state index contributed by atoms with van der Waals surface area (Å²) in [6, 6.07) is 2.25. The Labute approximate surface area is 112 Å². The smallest absolute Gasteiger partial charge is 0.340 e. The van der Waals surface area contributed by atoms with Crippen molar-refractivity contribution < 1.29 is 18.5 Å². The van der Waals surface area contributed by atoms with Gasteiger partial charge in [-0.2, -0.15) is 0 Å². The number of carboxylic acid groups (broad SMARTS) is 1. The van der Waals surface area contributed by atoms with Crippen molar-refractivity contribution in [3.63, 3.8) is 0 Å². The Morgan fingerprint density at radius 2 is 2.22 bits per heavy atom. The second kappa shape index (κ2) is 5.95. The van der Waals surface area contributed by atoms with Crippen LogP contribution in [0.1, 0.15) is 23.7 Å². The van der Waals surface area contributed by atoms with Crippen molar-refractivity contribution in [1.82, 2.24) is 0 Å². The highest BCUT2D eigenvalue weighted by Gasteiger charge is 2.19. The van der Waals surface area contributed by atoms with E-state index in [1.165, 1.54) is 6.07 Å². The van der Waals surface area contributed by atoms with Crippen molar-refractivity contribution in [2.45, 2.75) is 13.3 Å². The summed E-state index contributed by atoms with van der Waals surface area (Å²) in [5.41, 5.74) is -0.467. The number of carbonyl (C=O) groups is 1. The van der Waals surface area contributed by atoms with Crippen molar-refractivity contribution in [2.24, 2.45) is 0 Å². The maximum atomic E-state index is 13.3. The first-order valence-corrected chi connectivity index (χ1v) is 9.04. The Morgan fingerprint density at radius 3 is 2.72 bits per heavy atom. The summed E-state index contributed by atoms with van der Waals surface area (Å²) in [7, 11) is -0.535. The number of rotatable bonds is 5. The van der Waals surface area contributed by atoms with Gasteiger partial charge in [0.05, 0.1) is 10.7 Å². The van der Waals surface area contributed by atoms with Crippen LogP contribution in [0.15, 0.2) is 12.1 Å². The molecule has 1 atom stereocenters. The van der Waals surface area contributed by atoms with Gasteiger partial charge in [-0.15, -0.1) is 0 Å². The highest BCUT2D eigenvalue weighted by molar-refractivity contribution is 8.46. The van der Waals surface area contributed by atoms with E-state index in [9.17, 15) is 13.4 Å². The molecule has 1 unspecified atom stereocenters. The van der Waals surface area contributed by atoms with E-state index in [4.69, 9.17) is 16.7 Å². The minimum absolute atomic E-state index is 0.155. The average Bonchev–Trinajstić information content (AvgIpc) is 2.21. The summed E-state index contributed by atoms with van der Waals surface area (Å²) in [6.45, 7) is 1.87. The first-order chi connectivity index (χ1) is 8.28. The number of benzene rings is 1. The molecule has 0 fully saturated rings. The van der Waals surface area contributed by atoms with Gasteiger partial charge in [-0.1, -0.05) is 18.5 Å². The molecule has 0 aliphatic heterocycles. The summed E-state index contributed by atoms with van der Waals surface area (Å²) in [6.07, 6.45) is 0.693. The monoisotopic (exact) mass is 313 g/mol. The van der Waals surface area contributed by atoms with Crippen molar-refractivity contribution in [3.05, 3.63) is 28.5 Å². The fraction of sp³-hybridized carbons (Fsp3) is 0.300. The van der Waals surface area contributed by atoms with Gasteiger partial charge in [-0.05, 0) is 36.7 Å². The van der Waals surface area contributed by atoms with Gasteiger partial charge in [0.15, 0.2) is 0 Å². The number of aromatic carboxylic acids is 1. The topological polar surface area (TPSA) is 66.4 Å². The van der Waals surface area contributed by atoms with Gasteiger partial charge in [-0.3, -0.25) is 4.21 Å². The second-order valence-electron chi connectivity index (χ2n) is 3.72. The van der Waals surface area contributed by atoms with Gasteiger partial charge in [0.1, 0.15) is 11.4 Å². The maximum Gasteiger partial charge on any atom is 0.340 e. The quantitative estimate of drug-likeness (QED) is 0.578. The van der Waals surface area contributed by atoms with Crippen LogP contribution in [-0.2, 0) is 9.74 Å². The van der Waals surface area contributed by atoms with Crippen LogP contribution in [0.2, 0.25) is 5.02 Å². The van der Waals surface area contributed by atoms with Crippen LogP contribution < -0.4 is 4.72 Å². The Hall–Kier alpha value is -0.710.